The van der Waals surface area contributed by atoms with E-state index in [1.54, 1.807) is 0 Å². The van der Waals surface area contributed by atoms with Gasteiger partial charge in [0.2, 0.25) is 15.9 Å². The zero-order valence-electron chi connectivity index (χ0n) is 17.1. The van der Waals surface area contributed by atoms with Crippen molar-refractivity contribution in [2.24, 2.45) is 0 Å². The SMILES string of the molecule is Cc1ccc(CNC(=O)[C@H]2Cc3ccccc3CN2S(=O)(=O)c2ccc(F)cc2)cc1. The molecule has 0 spiro atoms. The Balaban J connectivity index is 1.63. The van der Waals surface area contributed by atoms with Crippen LogP contribution in [0.4, 0.5) is 4.39 Å². The van der Waals surface area contributed by atoms with E-state index in [1.807, 2.05) is 55.5 Å². The van der Waals surface area contributed by atoms with Crippen LogP contribution in [-0.2, 0) is 34.3 Å². The van der Waals surface area contributed by atoms with Crippen LogP contribution < -0.4 is 5.32 Å². The Hall–Kier alpha value is -3.03. The van der Waals surface area contributed by atoms with Gasteiger partial charge in [-0.15, -0.1) is 0 Å². The summed E-state index contributed by atoms with van der Waals surface area (Å²) in [5.74, 6) is -0.879. The summed E-state index contributed by atoms with van der Waals surface area (Å²) in [5, 5.41) is 2.88. The molecule has 5 nitrogen and oxygen atoms in total. The standard InChI is InChI=1S/C24H23FN2O3S/c1-17-6-8-18(9-7-17)15-26-24(28)23-14-19-4-2-3-5-20(19)16-27(23)31(29,30)22-12-10-21(25)11-13-22/h2-13,23H,14-16H2,1H3,(H,26,28)/t23-/m1/s1. The zero-order chi connectivity index (χ0) is 22.0. The first-order valence-corrected chi connectivity index (χ1v) is 11.5. The van der Waals surface area contributed by atoms with Crippen molar-refractivity contribution >= 4 is 15.9 Å². The van der Waals surface area contributed by atoms with Gasteiger partial charge >= 0.3 is 0 Å². The Morgan fingerprint density at radius 1 is 1.00 bits per heavy atom. The molecule has 1 aliphatic rings. The fraction of sp³-hybridized carbons (Fsp3) is 0.208. The third-order valence-corrected chi connectivity index (χ3v) is 7.38. The summed E-state index contributed by atoms with van der Waals surface area (Å²) in [6, 6.07) is 19.1. The molecule has 0 aromatic heterocycles. The van der Waals surface area contributed by atoms with E-state index in [4.69, 9.17) is 0 Å². The van der Waals surface area contributed by atoms with Crippen LogP contribution in [0, 0.1) is 12.7 Å². The van der Waals surface area contributed by atoms with Crippen LogP contribution in [-0.4, -0.2) is 24.7 Å². The van der Waals surface area contributed by atoms with Gasteiger partial charge in [-0.2, -0.15) is 4.31 Å². The Labute approximate surface area is 181 Å². The third-order valence-electron chi connectivity index (χ3n) is 5.52. The minimum absolute atomic E-state index is 0.0374. The van der Waals surface area contributed by atoms with Crippen LogP contribution in [0.2, 0.25) is 0 Å². The van der Waals surface area contributed by atoms with E-state index in [-0.39, 0.29) is 23.8 Å². The minimum Gasteiger partial charge on any atom is -0.351 e. The molecule has 0 bridgehead atoms. The van der Waals surface area contributed by atoms with Gasteiger partial charge in [0.25, 0.3) is 0 Å². The second-order valence-corrected chi connectivity index (χ2v) is 9.59. The van der Waals surface area contributed by atoms with E-state index < -0.39 is 21.9 Å². The molecule has 1 heterocycles. The van der Waals surface area contributed by atoms with Crippen molar-refractivity contribution < 1.29 is 17.6 Å². The van der Waals surface area contributed by atoms with Crippen molar-refractivity contribution in [3.63, 3.8) is 0 Å². The molecule has 0 unspecified atom stereocenters. The molecule has 31 heavy (non-hydrogen) atoms. The number of halogens is 1. The highest BCUT2D eigenvalue weighted by atomic mass is 32.2. The van der Waals surface area contributed by atoms with Crippen molar-refractivity contribution in [1.29, 1.82) is 0 Å². The van der Waals surface area contributed by atoms with E-state index in [2.05, 4.69) is 5.32 Å². The van der Waals surface area contributed by atoms with Crippen molar-refractivity contribution in [3.8, 4) is 0 Å². The normalized spacial score (nSPS) is 16.5. The predicted molar refractivity (Wildman–Crippen MR) is 116 cm³/mol. The molecule has 0 radical (unpaired) electrons. The van der Waals surface area contributed by atoms with E-state index in [0.717, 1.165) is 34.4 Å². The monoisotopic (exact) mass is 438 g/mol. The van der Waals surface area contributed by atoms with Crippen LogP contribution in [0.15, 0.2) is 77.7 Å². The number of amides is 1. The average molecular weight is 439 g/mol. The van der Waals surface area contributed by atoms with E-state index in [1.165, 1.54) is 16.4 Å². The van der Waals surface area contributed by atoms with E-state index in [9.17, 15) is 17.6 Å². The van der Waals surface area contributed by atoms with Crippen LogP contribution in [0.3, 0.4) is 0 Å². The number of fused-ring (bicyclic) bond motifs is 1. The maximum Gasteiger partial charge on any atom is 0.244 e. The highest BCUT2D eigenvalue weighted by molar-refractivity contribution is 7.89. The summed E-state index contributed by atoms with van der Waals surface area (Å²) in [5.41, 5.74) is 3.86. The van der Waals surface area contributed by atoms with Gasteiger partial charge in [-0.25, -0.2) is 12.8 Å². The molecule has 0 saturated heterocycles. The fourth-order valence-corrected chi connectivity index (χ4v) is 5.30. The van der Waals surface area contributed by atoms with Crippen LogP contribution in [0.1, 0.15) is 22.3 Å². The topological polar surface area (TPSA) is 66.5 Å². The smallest absolute Gasteiger partial charge is 0.244 e. The summed E-state index contributed by atoms with van der Waals surface area (Å²) in [6.45, 7) is 2.38. The van der Waals surface area contributed by atoms with Crippen LogP contribution in [0.25, 0.3) is 0 Å². The van der Waals surface area contributed by atoms with Gasteiger partial charge < -0.3 is 5.32 Å². The molecule has 1 aliphatic heterocycles. The molecule has 0 aliphatic carbocycles. The van der Waals surface area contributed by atoms with Gasteiger partial charge in [0, 0.05) is 13.1 Å². The van der Waals surface area contributed by atoms with Gasteiger partial charge in [-0.1, -0.05) is 54.1 Å². The van der Waals surface area contributed by atoms with Gasteiger partial charge in [-0.3, -0.25) is 4.79 Å². The second kappa shape index (κ2) is 8.61. The maximum atomic E-state index is 13.4. The van der Waals surface area contributed by atoms with Crippen LogP contribution in [0.5, 0.6) is 0 Å². The summed E-state index contributed by atoms with van der Waals surface area (Å²) < 4.78 is 41.3. The van der Waals surface area contributed by atoms with Gasteiger partial charge in [0.15, 0.2) is 0 Å². The highest BCUT2D eigenvalue weighted by Gasteiger charge is 2.39. The Bertz CT molecular complexity index is 1190. The zero-order valence-corrected chi connectivity index (χ0v) is 17.9. The molecule has 1 amide bonds. The summed E-state index contributed by atoms with van der Waals surface area (Å²) in [6.07, 6.45) is 0.274. The van der Waals surface area contributed by atoms with Gasteiger partial charge in [-0.05, 0) is 54.3 Å². The number of aryl methyl sites for hydroxylation is 1. The quantitative estimate of drug-likeness (QED) is 0.662. The van der Waals surface area contributed by atoms with Crippen molar-refractivity contribution in [2.45, 2.75) is 37.4 Å². The van der Waals surface area contributed by atoms with Crippen LogP contribution >= 0.6 is 0 Å². The number of nitrogens with zero attached hydrogens (tertiary/aromatic N) is 1. The summed E-state index contributed by atoms with van der Waals surface area (Å²) >= 11 is 0. The lowest BCUT2D eigenvalue weighted by Gasteiger charge is -2.35. The molecule has 3 aromatic rings. The number of hydrogen-bond acceptors (Lipinski definition) is 3. The molecule has 0 saturated carbocycles. The number of carbonyl (C=O) groups excluding carboxylic acids is 1. The molecular formula is C24H23FN2O3S. The van der Waals surface area contributed by atoms with Gasteiger partial charge in [0.1, 0.15) is 11.9 Å². The molecular weight excluding hydrogens is 415 g/mol. The van der Waals surface area contributed by atoms with Crippen molar-refractivity contribution in [1.82, 2.24) is 9.62 Å². The first-order chi connectivity index (χ1) is 14.8. The lowest BCUT2D eigenvalue weighted by Crippen LogP contribution is -2.52. The third kappa shape index (κ3) is 4.52. The molecule has 1 N–H and O–H groups in total. The average Bonchev–Trinajstić information content (AvgIpc) is 2.78. The molecule has 0 fully saturated rings. The Morgan fingerprint density at radius 3 is 2.32 bits per heavy atom. The highest BCUT2D eigenvalue weighted by Crippen LogP contribution is 2.29. The number of sulfonamides is 1. The summed E-state index contributed by atoms with van der Waals surface area (Å²) in [7, 11) is -4.00. The molecule has 7 heteroatoms. The van der Waals surface area contributed by atoms with E-state index in [0.29, 0.717) is 6.54 Å². The lowest BCUT2D eigenvalue weighted by atomic mass is 9.95. The summed E-state index contributed by atoms with van der Waals surface area (Å²) in [4.78, 5) is 13.1. The fourth-order valence-electron chi connectivity index (χ4n) is 3.73. The Kier molecular flexibility index (Phi) is 5.89. The first kappa shape index (κ1) is 21.2. The second-order valence-electron chi connectivity index (χ2n) is 7.70. The number of nitrogens with one attached hydrogen (secondary N) is 1. The van der Waals surface area contributed by atoms with Crippen molar-refractivity contribution in [2.75, 3.05) is 0 Å². The van der Waals surface area contributed by atoms with E-state index >= 15 is 0 Å². The Morgan fingerprint density at radius 2 is 1.65 bits per heavy atom. The number of carbonyl (C=O) groups is 1. The first-order valence-electron chi connectivity index (χ1n) is 10.0. The predicted octanol–water partition coefficient (Wildman–Crippen LogP) is 3.57. The van der Waals surface area contributed by atoms with Gasteiger partial charge in [0.05, 0.1) is 4.90 Å². The maximum absolute atomic E-state index is 13.4. The molecule has 4 rings (SSSR count). The number of benzene rings is 3. The molecule has 3 aromatic carbocycles. The molecule has 1 atom stereocenters. The largest absolute Gasteiger partial charge is 0.351 e. The number of rotatable bonds is 5. The van der Waals surface area contributed by atoms with Crippen molar-refractivity contribution in [3.05, 3.63) is 101 Å². The minimum atomic E-state index is -4.00. The molecule has 160 valence electrons. The number of hydrogen-bond donors (Lipinski definition) is 1. The lowest BCUT2D eigenvalue weighted by molar-refractivity contribution is -0.125.